The highest BCUT2D eigenvalue weighted by molar-refractivity contribution is 7.91. The Morgan fingerprint density at radius 1 is 1.48 bits per heavy atom. The molecule has 0 bridgehead atoms. The van der Waals surface area contributed by atoms with E-state index in [9.17, 15) is 13.2 Å². The fourth-order valence-corrected chi connectivity index (χ4v) is 5.47. The van der Waals surface area contributed by atoms with Crippen LogP contribution in [0.25, 0.3) is 10.6 Å². The van der Waals surface area contributed by atoms with Crippen molar-refractivity contribution in [2.75, 3.05) is 25.1 Å². The van der Waals surface area contributed by atoms with Crippen LogP contribution < -0.4 is 0 Å². The lowest BCUT2D eigenvalue weighted by Gasteiger charge is -2.15. The second kappa shape index (κ2) is 7.29. The molecule has 25 heavy (non-hydrogen) atoms. The van der Waals surface area contributed by atoms with Gasteiger partial charge in [0.1, 0.15) is 0 Å². The van der Waals surface area contributed by atoms with E-state index in [4.69, 9.17) is 0 Å². The van der Waals surface area contributed by atoms with Gasteiger partial charge in [0.2, 0.25) is 0 Å². The van der Waals surface area contributed by atoms with Gasteiger partial charge in [0.15, 0.2) is 15.5 Å². The minimum Gasteiger partial charge on any atom is -0.340 e. The summed E-state index contributed by atoms with van der Waals surface area (Å²) >= 11 is 1.56. The largest absolute Gasteiger partial charge is 0.340 e. The molecule has 1 aliphatic heterocycles. The van der Waals surface area contributed by atoms with Crippen LogP contribution in [0.1, 0.15) is 42.7 Å². The molecule has 3 rings (SSSR count). The number of hydrogen-bond donors (Lipinski definition) is 0. The molecule has 0 radical (unpaired) electrons. The second-order valence-corrected chi connectivity index (χ2v) is 9.65. The third-order valence-corrected chi connectivity index (χ3v) is 7.12. The van der Waals surface area contributed by atoms with E-state index >= 15 is 0 Å². The number of carbonyl (C=O) groups excluding carboxylic acids is 1. The van der Waals surface area contributed by atoms with E-state index in [1.54, 1.807) is 34.0 Å². The van der Waals surface area contributed by atoms with Crippen LogP contribution in [0.15, 0.2) is 23.6 Å². The summed E-state index contributed by atoms with van der Waals surface area (Å²) in [4.78, 5) is 15.3. The van der Waals surface area contributed by atoms with Gasteiger partial charge in [0.05, 0.1) is 28.1 Å². The summed E-state index contributed by atoms with van der Waals surface area (Å²) in [6.45, 7) is 2.77. The van der Waals surface area contributed by atoms with E-state index in [1.165, 1.54) is 0 Å². The first kappa shape index (κ1) is 18.1. The lowest BCUT2D eigenvalue weighted by atomic mass is 10.2. The Kier molecular flexibility index (Phi) is 5.29. The predicted molar refractivity (Wildman–Crippen MR) is 99.7 cm³/mol. The molecule has 2 aromatic rings. The first-order chi connectivity index (χ1) is 11.9. The minimum absolute atomic E-state index is 0.0896. The molecule has 1 amide bonds. The van der Waals surface area contributed by atoms with Crippen LogP contribution in [0.3, 0.4) is 0 Å². The van der Waals surface area contributed by atoms with Crippen molar-refractivity contribution in [2.45, 2.75) is 32.2 Å². The van der Waals surface area contributed by atoms with Gasteiger partial charge in [0.25, 0.3) is 5.91 Å². The molecule has 6 nitrogen and oxygen atoms in total. The Labute approximate surface area is 152 Å². The van der Waals surface area contributed by atoms with Gasteiger partial charge in [-0.3, -0.25) is 9.48 Å². The molecule has 0 aliphatic carbocycles. The van der Waals surface area contributed by atoms with Crippen molar-refractivity contribution >= 4 is 27.1 Å². The van der Waals surface area contributed by atoms with Crippen molar-refractivity contribution in [3.63, 3.8) is 0 Å². The SMILES string of the molecule is CCCCN(C)C(=O)c1cc(-c2cccs2)n(C2CCS(=O)(=O)C2)n1. The van der Waals surface area contributed by atoms with Crippen LogP contribution in [0.5, 0.6) is 0 Å². The van der Waals surface area contributed by atoms with Crippen LogP contribution in [-0.4, -0.2) is 54.1 Å². The monoisotopic (exact) mass is 381 g/mol. The summed E-state index contributed by atoms with van der Waals surface area (Å²) in [7, 11) is -1.24. The Morgan fingerprint density at radius 3 is 2.88 bits per heavy atom. The number of thiophene rings is 1. The lowest BCUT2D eigenvalue weighted by Crippen LogP contribution is -2.28. The summed E-state index contributed by atoms with van der Waals surface area (Å²) in [5.41, 5.74) is 1.20. The Bertz CT molecular complexity index is 841. The van der Waals surface area contributed by atoms with Gasteiger partial charge < -0.3 is 4.90 Å². The molecular formula is C17H23N3O3S2. The number of hydrogen-bond acceptors (Lipinski definition) is 5. The highest BCUT2D eigenvalue weighted by Gasteiger charge is 2.32. The Morgan fingerprint density at radius 2 is 2.28 bits per heavy atom. The van der Waals surface area contributed by atoms with Crippen LogP contribution >= 0.6 is 11.3 Å². The number of nitrogens with zero attached hydrogens (tertiary/aromatic N) is 3. The fourth-order valence-electron chi connectivity index (χ4n) is 3.05. The van der Waals surface area contributed by atoms with Crippen molar-refractivity contribution in [3.05, 3.63) is 29.3 Å². The van der Waals surface area contributed by atoms with Crippen molar-refractivity contribution in [1.29, 1.82) is 0 Å². The molecule has 1 saturated heterocycles. The number of amides is 1. The Hall–Kier alpha value is -1.67. The van der Waals surface area contributed by atoms with E-state index in [-0.39, 0.29) is 23.5 Å². The molecule has 0 spiro atoms. The molecule has 0 saturated carbocycles. The standard InChI is InChI=1S/C17H23N3O3S2/c1-3-4-8-19(2)17(21)14-11-15(16-6-5-9-24-16)20(18-14)13-7-10-25(22,23)12-13/h5-6,9,11,13H,3-4,7-8,10,12H2,1-2H3. The van der Waals surface area contributed by atoms with Crippen molar-refractivity contribution in [1.82, 2.24) is 14.7 Å². The maximum absolute atomic E-state index is 12.7. The van der Waals surface area contributed by atoms with E-state index in [1.807, 2.05) is 17.5 Å². The third kappa shape index (κ3) is 3.95. The van der Waals surface area contributed by atoms with E-state index in [0.717, 1.165) is 23.4 Å². The van der Waals surface area contributed by atoms with Crippen LogP contribution in [0, 0.1) is 0 Å². The maximum Gasteiger partial charge on any atom is 0.274 e. The van der Waals surface area contributed by atoms with Gasteiger partial charge in [-0.25, -0.2) is 8.42 Å². The van der Waals surface area contributed by atoms with Gasteiger partial charge >= 0.3 is 0 Å². The number of sulfone groups is 1. The zero-order valence-corrected chi connectivity index (χ0v) is 16.1. The molecule has 0 N–H and O–H groups in total. The first-order valence-corrected chi connectivity index (χ1v) is 11.2. The molecule has 0 aromatic carbocycles. The zero-order valence-electron chi connectivity index (χ0n) is 14.5. The molecule has 2 aromatic heterocycles. The van der Waals surface area contributed by atoms with Gasteiger partial charge in [-0.15, -0.1) is 11.3 Å². The van der Waals surface area contributed by atoms with Crippen molar-refractivity contribution in [2.24, 2.45) is 0 Å². The molecule has 1 unspecified atom stereocenters. The topological polar surface area (TPSA) is 72.3 Å². The van der Waals surface area contributed by atoms with E-state index < -0.39 is 9.84 Å². The number of rotatable bonds is 6. The normalized spacial score (nSPS) is 19.2. The smallest absolute Gasteiger partial charge is 0.274 e. The van der Waals surface area contributed by atoms with Gasteiger partial charge in [-0.2, -0.15) is 5.10 Å². The summed E-state index contributed by atoms with van der Waals surface area (Å²) in [5, 5.41) is 6.48. The predicted octanol–water partition coefficient (Wildman–Crippen LogP) is 2.84. The number of carbonyl (C=O) groups is 1. The quantitative estimate of drug-likeness (QED) is 0.771. The van der Waals surface area contributed by atoms with Gasteiger partial charge in [-0.05, 0) is 30.4 Å². The molecule has 1 aliphatic rings. The average molecular weight is 382 g/mol. The molecule has 3 heterocycles. The molecule has 1 atom stereocenters. The minimum atomic E-state index is -3.02. The Balaban J connectivity index is 1.94. The number of aromatic nitrogens is 2. The van der Waals surface area contributed by atoms with Gasteiger partial charge in [-0.1, -0.05) is 19.4 Å². The van der Waals surface area contributed by atoms with Crippen molar-refractivity contribution in [3.8, 4) is 10.6 Å². The van der Waals surface area contributed by atoms with Crippen LogP contribution in [0.2, 0.25) is 0 Å². The highest BCUT2D eigenvalue weighted by atomic mass is 32.2. The summed E-state index contributed by atoms with van der Waals surface area (Å²) in [6.07, 6.45) is 2.51. The number of unbranched alkanes of at least 4 members (excludes halogenated alkanes) is 1. The zero-order chi connectivity index (χ0) is 18.0. The third-order valence-electron chi connectivity index (χ3n) is 4.48. The first-order valence-electron chi connectivity index (χ1n) is 8.50. The maximum atomic E-state index is 12.7. The summed E-state index contributed by atoms with van der Waals surface area (Å²) in [6, 6.07) is 5.50. The summed E-state index contributed by atoms with van der Waals surface area (Å²) < 4.78 is 25.5. The van der Waals surface area contributed by atoms with E-state index in [0.29, 0.717) is 18.7 Å². The average Bonchev–Trinajstić information content (AvgIpc) is 3.29. The molecule has 136 valence electrons. The second-order valence-electron chi connectivity index (χ2n) is 6.47. The molecular weight excluding hydrogens is 358 g/mol. The van der Waals surface area contributed by atoms with Crippen LogP contribution in [0.4, 0.5) is 0 Å². The lowest BCUT2D eigenvalue weighted by molar-refractivity contribution is 0.0786. The van der Waals surface area contributed by atoms with Crippen molar-refractivity contribution < 1.29 is 13.2 Å². The highest BCUT2D eigenvalue weighted by Crippen LogP contribution is 2.32. The van der Waals surface area contributed by atoms with Crippen LogP contribution in [-0.2, 0) is 9.84 Å². The molecule has 1 fully saturated rings. The van der Waals surface area contributed by atoms with Gasteiger partial charge in [0, 0.05) is 13.6 Å². The van der Waals surface area contributed by atoms with E-state index in [2.05, 4.69) is 12.0 Å². The summed E-state index contributed by atoms with van der Waals surface area (Å²) in [5.74, 6) is 0.152. The molecule has 8 heteroatoms. The fraction of sp³-hybridized carbons (Fsp3) is 0.529.